The molecule has 4 aromatic carbocycles. The zero-order valence-corrected chi connectivity index (χ0v) is 18.7. The zero-order valence-electron chi connectivity index (χ0n) is 15.7. The van der Waals surface area contributed by atoms with Crippen molar-refractivity contribution in [2.24, 2.45) is 0 Å². The maximum atomic E-state index is 14.9. The molecule has 0 aliphatic heterocycles. The summed E-state index contributed by atoms with van der Waals surface area (Å²) in [5.74, 6) is -4.07. The minimum Gasteiger partial charge on any atom is -0.206 e. The molecule has 0 aliphatic rings. The van der Waals surface area contributed by atoms with Crippen molar-refractivity contribution in [2.75, 3.05) is 0 Å². The summed E-state index contributed by atoms with van der Waals surface area (Å²) in [6, 6.07) is 13.2. The number of hydrogen-bond donors (Lipinski definition) is 0. The number of hydrogen-bond acceptors (Lipinski definition) is 0. The van der Waals surface area contributed by atoms with E-state index in [1.807, 2.05) is 0 Å². The summed E-state index contributed by atoms with van der Waals surface area (Å²) in [5.41, 5.74) is -0.285. The Kier molecular flexibility index (Phi) is 6.42. The molecule has 0 aliphatic carbocycles. The third-order valence-electron chi connectivity index (χ3n) is 4.77. The molecule has 0 fully saturated rings. The van der Waals surface area contributed by atoms with Crippen molar-refractivity contribution < 1.29 is 17.6 Å². The van der Waals surface area contributed by atoms with Crippen molar-refractivity contribution in [1.29, 1.82) is 0 Å². The smallest absolute Gasteiger partial charge is 0.134 e. The van der Waals surface area contributed by atoms with Gasteiger partial charge in [0.1, 0.15) is 23.3 Å². The van der Waals surface area contributed by atoms with Crippen LogP contribution in [0.3, 0.4) is 0 Å². The summed E-state index contributed by atoms with van der Waals surface area (Å²) in [6.45, 7) is 0. The van der Waals surface area contributed by atoms with Crippen LogP contribution in [0.15, 0.2) is 54.6 Å². The monoisotopic (exact) mass is 513 g/mol. The van der Waals surface area contributed by atoms with Gasteiger partial charge in [0.05, 0.1) is 31.2 Å². The molecular formula is C24H9Cl4F4. The number of halogens is 8. The molecular weight excluding hydrogens is 506 g/mol. The van der Waals surface area contributed by atoms with Crippen molar-refractivity contribution >= 4 is 46.4 Å². The van der Waals surface area contributed by atoms with E-state index in [2.05, 4.69) is 6.07 Å². The SMILES string of the molecule is Fc1c[c]cc(F)c1-c1cc(F)c(-c2cc(Cl)c(-c3ccc(Cl)c(Cl)c3)c(Cl)c2)c(F)c1. The Labute approximate surface area is 200 Å². The lowest BCUT2D eigenvalue weighted by Gasteiger charge is -2.14. The molecule has 0 bridgehead atoms. The Hall–Kier alpha value is -2.24. The first-order chi connectivity index (χ1) is 15.2. The summed E-state index contributed by atoms with van der Waals surface area (Å²) >= 11 is 24.7. The van der Waals surface area contributed by atoms with Crippen molar-refractivity contribution in [2.45, 2.75) is 0 Å². The van der Waals surface area contributed by atoms with Crippen LogP contribution in [-0.2, 0) is 0 Å². The van der Waals surface area contributed by atoms with Gasteiger partial charge in [-0.3, -0.25) is 0 Å². The van der Waals surface area contributed by atoms with Crippen LogP contribution in [-0.4, -0.2) is 0 Å². The molecule has 161 valence electrons. The molecule has 0 N–H and O–H groups in total. The zero-order chi connectivity index (χ0) is 23.2. The van der Waals surface area contributed by atoms with Crippen LogP contribution in [0.25, 0.3) is 33.4 Å². The molecule has 0 saturated heterocycles. The van der Waals surface area contributed by atoms with Gasteiger partial charge in [-0.05, 0) is 71.3 Å². The minimum absolute atomic E-state index is 0.0488. The van der Waals surface area contributed by atoms with Crippen molar-refractivity contribution in [3.05, 3.63) is 104 Å². The fourth-order valence-electron chi connectivity index (χ4n) is 3.36. The van der Waals surface area contributed by atoms with Gasteiger partial charge in [-0.2, -0.15) is 0 Å². The predicted octanol–water partition coefficient (Wildman–Crippen LogP) is 9.66. The van der Waals surface area contributed by atoms with Gasteiger partial charge in [-0.1, -0.05) is 52.5 Å². The highest BCUT2D eigenvalue weighted by Gasteiger charge is 2.20. The van der Waals surface area contributed by atoms with Crippen molar-refractivity contribution in [3.8, 4) is 33.4 Å². The normalized spacial score (nSPS) is 11.1. The van der Waals surface area contributed by atoms with Gasteiger partial charge in [0.25, 0.3) is 0 Å². The standard InChI is InChI=1S/C24H9Cl4F4/c25-14-5-4-11(6-15(14)26)22-16(27)7-12(8-17(22)28)24-20(31)9-13(10-21(24)32)23-18(29)2-1-3-19(23)30/h2-10H. The molecule has 4 aromatic rings. The Morgan fingerprint density at radius 1 is 0.469 bits per heavy atom. The predicted molar refractivity (Wildman–Crippen MR) is 121 cm³/mol. The van der Waals surface area contributed by atoms with Crippen molar-refractivity contribution in [1.82, 2.24) is 0 Å². The Morgan fingerprint density at radius 2 is 0.938 bits per heavy atom. The topological polar surface area (TPSA) is 0 Å². The Morgan fingerprint density at radius 3 is 1.47 bits per heavy atom. The van der Waals surface area contributed by atoms with Crippen LogP contribution in [0.2, 0.25) is 20.1 Å². The van der Waals surface area contributed by atoms with Gasteiger partial charge in [0.15, 0.2) is 0 Å². The highest BCUT2D eigenvalue weighted by atomic mass is 35.5. The van der Waals surface area contributed by atoms with Gasteiger partial charge < -0.3 is 0 Å². The molecule has 0 atom stereocenters. The molecule has 1 radical (unpaired) electrons. The summed E-state index contributed by atoms with van der Waals surface area (Å²) < 4.78 is 57.9. The lowest BCUT2D eigenvalue weighted by atomic mass is 9.96. The second-order valence-electron chi connectivity index (χ2n) is 6.78. The molecule has 4 rings (SSSR count). The first-order valence-electron chi connectivity index (χ1n) is 8.96. The van der Waals surface area contributed by atoms with Crippen LogP contribution in [0.4, 0.5) is 17.6 Å². The first kappa shape index (κ1) is 22.9. The van der Waals surface area contributed by atoms with Crippen LogP contribution in [0.1, 0.15) is 0 Å². The van der Waals surface area contributed by atoms with Gasteiger partial charge in [0.2, 0.25) is 0 Å². The van der Waals surface area contributed by atoms with Crippen LogP contribution in [0, 0.1) is 29.3 Å². The maximum absolute atomic E-state index is 14.9. The van der Waals surface area contributed by atoms with E-state index in [0.717, 1.165) is 24.3 Å². The van der Waals surface area contributed by atoms with E-state index in [1.54, 1.807) is 18.2 Å². The summed E-state index contributed by atoms with van der Waals surface area (Å²) in [5, 5.41) is 0.854. The van der Waals surface area contributed by atoms with E-state index in [1.165, 1.54) is 12.1 Å². The van der Waals surface area contributed by atoms with E-state index in [4.69, 9.17) is 46.4 Å². The molecule has 0 saturated carbocycles. The van der Waals surface area contributed by atoms with Crippen molar-refractivity contribution in [3.63, 3.8) is 0 Å². The van der Waals surface area contributed by atoms with Crippen LogP contribution < -0.4 is 0 Å². The van der Waals surface area contributed by atoms with E-state index in [-0.39, 0.29) is 26.2 Å². The molecule has 32 heavy (non-hydrogen) atoms. The molecule has 0 amide bonds. The van der Waals surface area contributed by atoms with Crippen LogP contribution in [0.5, 0.6) is 0 Å². The second-order valence-corrected chi connectivity index (χ2v) is 8.41. The molecule has 0 heterocycles. The second kappa shape index (κ2) is 8.95. The average Bonchev–Trinajstić information content (AvgIpc) is 2.69. The highest BCUT2D eigenvalue weighted by Crippen LogP contribution is 2.42. The van der Waals surface area contributed by atoms with Gasteiger partial charge >= 0.3 is 0 Å². The van der Waals surface area contributed by atoms with E-state index >= 15 is 0 Å². The number of benzene rings is 4. The number of rotatable bonds is 3. The quantitative estimate of drug-likeness (QED) is 0.239. The largest absolute Gasteiger partial charge is 0.206 e. The lowest BCUT2D eigenvalue weighted by molar-refractivity contribution is 0.581. The fraction of sp³-hybridized carbons (Fsp3) is 0. The van der Waals surface area contributed by atoms with E-state index in [9.17, 15) is 17.6 Å². The minimum atomic E-state index is -1.04. The van der Waals surface area contributed by atoms with Gasteiger partial charge in [-0.15, -0.1) is 0 Å². The maximum Gasteiger partial charge on any atom is 0.134 e. The molecule has 0 spiro atoms. The summed E-state index contributed by atoms with van der Waals surface area (Å²) in [6.07, 6.45) is 0. The fourth-order valence-corrected chi connectivity index (χ4v) is 4.36. The molecule has 0 nitrogen and oxygen atoms in total. The van der Waals surface area contributed by atoms with Gasteiger partial charge in [-0.25, -0.2) is 17.6 Å². The van der Waals surface area contributed by atoms with E-state index < -0.39 is 34.4 Å². The lowest BCUT2D eigenvalue weighted by Crippen LogP contribution is -1.96. The highest BCUT2D eigenvalue weighted by molar-refractivity contribution is 6.43. The summed E-state index contributed by atoms with van der Waals surface area (Å²) in [7, 11) is 0. The Balaban J connectivity index is 1.83. The first-order valence-corrected chi connectivity index (χ1v) is 10.5. The molecule has 8 heteroatoms. The van der Waals surface area contributed by atoms with Gasteiger partial charge in [0, 0.05) is 5.56 Å². The molecule has 0 aromatic heterocycles. The van der Waals surface area contributed by atoms with Crippen LogP contribution >= 0.6 is 46.4 Å². The van der Waals surface area contributed by atoms with E-state index in [0.29, 0.717) is 16.1 Å². The third-order valence-corrected chi connectivity index (χ3v) is 6.10. The molecule has 0 unspecified atom stereocenters. The average molecular weight is 515 g/mol. The summed E-state index contributed by atoms with van der Waals surface area (Å²) in [4.78, 5) is 0. The third kappa shape index (κ3) is 4.20. The Bertz CT molecular complexity index is 1300.